The maximum absolute atomic E-state index is 13.0. The number of nitrogens with zero attached hydrogens (tertiary/aromatic N) is 3. The van der Waals surface area contributed by atoms with E-state index in [0.29, 0.717) is 43.2 Å². The molecule has 0 unspecified atom stereocenters. The van der Waals surface area contributed by atoms with Crippen molar-refractivity contribution in [3.05, 3.63) is 16.0 Å². The van der Waals surface area contributed by atoms with Crippen LogP contribution < -0.4 is 4.90 Å². The SMILES string of the molecule is COCCN1C(=O)CN(C)C(=O)c2c1sc1c2CCN(C(=O)C2(C)CC2)C1. The summed E-state index contributed by atoms with van der Waals surface area (Å²) >= 11 is 1.48. The van der Waals surface area contributed by atoms with Crippen molar-refractivity contribution in [1.82, 2.24) is 9.80 Å². The molecule has 1 aromatic rings. The third-order valence-electron chi connectivity index (χ3n) is 5.84. The number of hydrogen-bond donors (Lipinski definition) is 0. The van der Waals surface area contributed by atoms with E-state index in [2.05, 4.69) is 0 Å². The van der Waals surface area contributed by atoms with E-state index in [0.717, 1.165) is 23.3 Å². The third-order valence-corrected chi connectivity index (χ3v) is 7.08. The van der Waals surface area contributed by atoms with Crippen LogP contribution >= 0.6 is 11.3 Å². The van der Waals surface area contributed by atoms with Crippen molar-refractivity contribution in [2.24, 2.45) is 5.41 Å². The molecule has 1 aliphatic carbocycles. The Morgan fingerprint density at radius 2 is 2.00 bits per heavy atom. The maximum atomic E-state index is 13.0. The van der Waals surface area contributed by atoms with E-state index in [1.807, 2.05) is 11.8 Å². The largest absolute Gasteiger partial charge is 0.383 e. The highest BCUT2D eigenvalue weighted by atomic mass is 32.1. The number of rotatable bonds is 4. The summed E-state index contributed by atoms with van der Waals surface area (Å²) in [4.78, 5) is 44.5. The van der Waals surface area contributed by atoms with Gasteiger partial charge in [-0.05, 0) is 24.8 Å². The molecule has 3 heterocycles. The molecule has 4 rings (SSSR count). The minimum Gasteiger partial charge on any atom is -0.383 e. The first-order valence-corrected chi connectivity index (χ1v) is 10.2. The summed E-state index contributed by atoms with van der Waals surface area (Å²) in [5.74, 6) is 0.0101. The van der Waals surface area contributed by atoms with Gasteiger partial charge in [-0.2, -0.15) is 0 Å². The van der Waals surface area contributed by atoms with Crippen LogP contribution in [0.5, 0.6) is 0 Å². The Kier molecular flexibility index (Phi) is 4.50. The Hall–Kier alpha value is -1.93. The monoisotopic (exact) mass is 391 g/mol. The lowest BCUT2D eigenvalue weighted by atomic mass is 10.00. The highest BCUT2D eigenvalue weighted by Crippen LogP contribution is 2.48. The summed E-state index contributed by atoms with van der Waals surface area (Å²) in [5.41, 5.74) is 1.46. The molecule has 1 aromatic heterocycles. The van der Waals surface area contributed by atoms with Gasteiger partial charge >= 0.3 is 0 Å². The van der Waals surface area contributed by atoms with E-state index in [1.54, 1.807) is 19.1 Å². The molecule has 146 valence electrons. The average Bonchev–Trinajstić information content (AvgIpc) is 3.30. The van der Waals surface area contributed by atoms with Crippen LogP contribution in [0.2, 0.25) is 0 Å². The van der Waals surface area contributed by atoms with Gasteiger partial charge in [0.05, 0.1) is 25.3 Å². The number of likely N-dealkylation sites (N-methyl/N-ethyl adjacent to an activating group) is 1. The summed E-state index contributed by atoms with van der Waals surface area (Å²) in [6, 6.07) is 0. The minimum atomic E-state index is -0.192. The number of methoxy groups -OCH3 is 1. The van der Waals surface area contributed by atoms with Crippen molar-refractivity contribution >= 4 is 34.1 Å². The van der Waals surface area contributed by atoms with Gasteiger partial charge in [-0.15, -0.1) is 11.3 Å². The molecule has 3 amide bonds. The van der Waals surface area contributed by atoms with Crippen LogP contribution in [-0.4, -0.2) is 67.9 Å². The molecule has 0 atom stereocenters. The Bertz CT molecular complexity index is 814. The number of carbonyl (C=O) groups is 3. The smallest absolute Gasteiger partial charge is 0.257 e. The number of carbonyl (C=O) groups excluding carboxylic acids is 3. The molecule has 3 aliphatic rings. The average molecular weight is 391 g/mol. The van der Waals surface area contributed by atoms with Crippen molar-refractivity contribution in [2.45, 2.75) is 32.7 Å². The highest BCUT2D eigenvalue weighted by Gasteiger charge is 2.48. The van der Waals surface area contributed by atoms with E-state index in [9.17, 15) is 14.4 Å². The second-order valence-corrected chi connectivity index (χ2v) is 9.00. The first-order valence-electron chi connectivity index (χ1n) is 9.34. The van der Waals surface area contributed by atoms with Crippen molar-refractivity contribution in [1.29, 1.82) is 0 Å². The first-order chi connectivity index (χ1) is 12.9. The number of thiophene rings is 1. The summed E-state index contributed by atoms with van der Waals surface area (Å²) in [6.07, 6.45) is 2.58. The molecule has 0 spiro atoms. The van der Waals surface area contributed by atoms with Gasteiger partial charge in [0.2, 0.25) is 11.8 Å². The number of amides is 3. The van der Waals surface area contributed by atoms with Crippen LogP contribution in [0.15, 0.2) is 0 Å². The molecule has 2 aliphatic heterocycles. The van der Waals surface area contributed by atoms with Crippen LogP contribution in [0.3, 0.4) is 0 Å². The molecular formula is C19H25N3O4S. The molecule has 0 radical (unpaired) electrons. The zero-order valence-electron chi connectivity index (χ0n) is 16.0. The second kappa shape index (κ2) is 6.60. The highest BCUT2D eigenvalue weighted by molar-refractivity contribution is 7.17. The van der Waals surface area contributed by atoms with Gasteiger partial charge in [-0.1, -0.05) is 6.92 Å². The van der Waals surface area contributed by atoms with Gasteiger partial charge in [-0.25, -0.2) is 0 Å². The zero-order valence-corrected chi connectivity index (χ0v) is 16.9. The fraction of sp³-hybridized carbons (Fsp3) is 0.632. The molecule has 7 nitrogen and oxygen atoms in total. The van der Waals surface area contributed by atoms with Crippen LogP contribution in [0.4, 0.5) is 5.00 Å². The van der Waals surface area contributed by atoms with Crippen molar-refractivity contribution in [3.8, 4) is 0 Å². The number of hydrogen-bond acceptors (Lipinski definition) is 5. The van der Waals surface area contributed by atoms with Crippen LogP contribution in [-0.2, 0) is 27.3 Å². The number of ether oxygens (including phenoxy) is 1. The fourth-order valence-corrected chi connectivity index (χ4v) is 5.23. The number of fused-ring (bicyclic) bond motifs is 3. The van der Waals surface area contributed by atoms with Gasteiger partial charge in [-0.3, -0.25) is 19.3 Å². The topological polar surface area (TPSA) is 70.2 Å². The predicted octanol–water partition coefficient (Wildman–Crippen LogP) is 1.50. The fourth-order valence-electron chi connectivity index (χ4n) is 3.83. The summed E-state index contributed by atoms with van der Waals surface area (Å²) in [6.45, 7) is 4.09. The molecule has 0 bridgehead atoms. The Labute approximate surface area is 162 Å². The van der Waals surface area contributed by atoms with E-state index in [4.69, 9.17) is 4.74 Å². The zero-order chi connectivity index (χ0) is 19.3. The molecular weight excluding hydrogens is 366 g/mol. The first kappa shape index (κ1) is 18.4. The standard InChI is InChI=1S/C19H25N3O4S/c1-19(5-6-19)18(25)21-7-4-12-13(10-21)27-17-15(12)16(24)20(2)11-14(23)22(17)8-9-26-3/h4-11H2,1-3H3. The molecule has 0 N–H and O–H groups in total. The summed E-state index contributed by atoms with van der Waals surface area (Å²) in [5, 5.41) is 0.711. The minimum absolute atomic E-state index is 0.0711. The second-order valence-electron chi connectivity index (χ2n) is 7.92. The lowest BCUT2D eigenvalue weighted by Gasteiger charge is -2.30. The molecule has 0 aromatic carbocycles. The predicted molar refractivity (Wildman–Crippen MR) is 102 cm³/mol. The van der Waals surface area contributed by atoms with Crippen molar-refractivity contribution in [2.75, 3.05) is 45.3 Å². The maximum Gasteiger partial charge on any atom is 0.257 e. The van der Waals surface area contributed by atoms with Gasteiger partial charge < -0.3 is 14.5 Å². The van der Waals surface area contributed by atoms with Crippen LogP contribution in [0, 0.1) is 5.41 Å². The lowest BCUT2D eigenvalue weighted by molar-refractivity contribution is -0.137. The van der Waals surface area contributed by atoms with Crippen LogP contribution in [0.25, 0.3) is 0 Å². The molecule has 27 heavy (non-hydrogen) atoms. The van der Waals surface area contributed by atoms with E-state index < -0.39 is 0 Å². The Morgan fingerprint density at radius 1 is 1.26 bits per heavy atom. The molecule has 8 heteroatoms. The van der Waals surface area contributed by atoms with Gasteiger partial charge in [0.15, 0.2) is 0 Å². The van der Waals surface area contributed by atoms with Gasteiger partial charge in [0, 0.05) is 31.0 Å². The number of anilines is 1. The van der Waals surface area contributed by atoms with E-state index >= 15 is 0 Å². The van der Waals surface area contributed by atoms with Crippen molar-refractivity contribution < 1.29 is 19.1 Å². The quantitative estimate of drug-likeness (QED) is 0.780. The van der Waals surface area contributed by atoms with Crippen LogP contribution in [0.1, 0.15) is 40.6 Å². The third kappa shape index (κ3) is 3.04. The van der Waals surface area contributed by atoms with Gasteiger partial charge in [0.1, 0.15) is 11.5 Å². The molecule has 1 fully saturated rings. The lowest BCUT2D eigenvalue weighted by Crippen LogP contribution is -2.40. The summed E-state index contributed by atoms with van der Waals surface area (Å²) < 4.78 is 5.16. The molecule has 1 saturated carbocycles. The van der Waals surface area contributed by atoms with E-state index in [1.165, 1.54) is 16.2 Å². The summed E-state index contributed by atoms with van der Waals surface area (Å²) in [7, 11) is 3.27. The van der Waals surface area contributed by atoms with Gasteiger partial charge in [0.25, 0.3) is 5.91 Å². The molecule has 0 saturated heterocycles. The normalized spacial score (nSPS) is 21.1. The Morgan fingerprint density at radius 3 is 2.67 bits per heavy atom. The Balaban J connectivity index is 1.70. The van der Waals surface area contributed by atoms with Crippen molar-refractivity contribution in [3.63, 3.8) is 0 Å². The van der Waals surface area contributed by atoms with E-state index in [-0.39, 0.29) is 29.7 Å².